The van der Waals surface area contributed by atoms with Crippen LogP contribution in [0.25, 0.3) is 0 Å². The number of hydrogen-bond acceptors (Lipinski definition) is 1. The molecule has 15 heavy (non-hydrogen) atoms. The maximum atomic E-state index is 6.13. The quantitative estimate of drug-likeness (QED) is 0.781. The van der Waals surface area contributed by atoms with Crippen LogP contribution in [-0.4, -0.2) is 11.9 Å². The first-order valence-corrected chi connectivity index (χ1v) is 6.01. The van der Waals surface area contributed by atoms with Gasteiger partial charge in [-0.2, -0.15) is 0 Å². The van der Waals surface area contributed by atoms with Crippen molar-refractivity contribution in [3.05, 3.63) is 34.9 Å². The van der Waals surface area contributed by atoms with Crippen LogP contribution in [0.2, 0.25) is 5.02 Å². The van der Waals surface area contributed by atoms with Gasteiger partial charge in [0.1, 0.15) is 0 Å². The van der Waals surface area contributed by atoms with Crippen molar-refractivity contribution in [2.45, 2.75) is 25.8 Å². The maximum Gasteiger partial charge on any atom is 0.0483 e. The van der Waals surface area contributed by atoms with E-state index in [1.807, 2.05) is 24.3 Å². The topological polar surface area (TPSA) is 12.0 Å². The summed E-state index contributed by atoms with van der Waals surface area (Å²) in [4.78, 5) is 0. The summed E-state index contributed by atoms with van der Waals surface area (Å²) in [6, 6.07) is 7.85. The molecule has 1 unspecified atom stereocenters. The number of alkyl halides is 1. The zero-order valence-electron chi connectivity index (χ0n) is 9.13. The van der Waals surface area contributed by atoms with E-state index in [0.717, 1.165) is 23.7 Å². The maximum absolute atomic E-state index is 6.13. The molecule has 0 aliphatic heterocycles. The highest BCUT2D eigenvalue weighted by atomic mass is 35.5. The SMILES string of the molecule is CC(C)C(Cl)CNCc1ccccc1Cl. The Hall–Kier alpha value is -0.240. The lowest BCUT2D eigenvalue weighted by molar-refractivity contribution is 0.546. The molecule has 1 nitrogen and oxygen atoms in total. The van der Waals surface area contributed by atoms with Gasteiger partial charge in [0.25, 0.3) is 0 Å². The Morgan fingerprint density at radius 1 is 1.27 bits per heavy atom. The number of nitrogens with one attached hydrogen (secondary N) is 1. The second-order valence-electron chi connectivity index (χ2n) is 3.98. The summed E-state index contributed by atoms with van der Waals surface area (Å²) in [5.74, 6) is 0.491. The Bertz CT molecular complexity index is 299. The first kappa shape index (κ1) is 12.8. The third-order valence-electron chi connectivity index (χ3n) is 2.34. The summed E-state index contributed by atoms with van der Waals surface area (Å²) in [5.41, 5.74) is 1.12. The van der Waals surface area contributed by atoms with Crippen LogP contribution in [0.15, 0.2) is 24.3 Å². The molecule has 0 bridgehead atoms. The fraction of sp³-hybridized carbons (Fsp3) is 0.500. The van der Waals surface area contributed by atoms with E-state index in [1.54, 1.807) is 0 Å². The number of benzene rings is 1. The van der Waals surface area contributed by atoms with E-state index in [9.17, 15) is 0 Å². The van der Waals surface area contributed by atoms with Gasteiger partial charge in [-0.05, 0) is 17.5 Å². The molecule has 0 aromatic heterocycles. The van der Waals surface area contributed by atoms with Crippen molar-refractivity contribution in [3.8, 4) is 0 Å². The molecule has 1 N–H and O–H groups in total. The minimum atomic E-state index is 0.174. The highest BCUT2D eigenvalue weighted by Crippen LogP contribution is 2.14. The van der Waals surface area contributed by atoms with Crippen LogP contribution in [-0.2, 0) is 6.54 Å². The smallest absolute Gasteiger partial charge is 0.0483 e. The van der Waals surface area contributed by atoms with E-state index >= 15 is 0 Å². The molecule has 0 amide bonds. The van der Waals surface area contributed by atoms with E-state index < -0.39 is 0 Å². The van der Waals surface area contributed by atoms with Gasteiger partial charge in [0.15, 0.2) is 0 Å². The van der Waals surface area contributed by atoms with Crippen LogP contribution in [0.5, 0.6) is 0 Å². The summed E-state index contributed by atoms with van der Waals surface area (Å²) < 4.78 is 0. The summed E-state index contributed by atoms with van der Waals surface area (Å²) in [6.07, 6.45) is 0. The Kier molecular flexibility index (Phi) is 5.44. The van der Waals surface area contributed by atoms with Crippen LogP contribution in [0.4, 0.5) is 0 Å². The fourth-order valence-electron chi connectivity index (χ4n) is 1.22. The van der Waals surface area contributed by atoms with Crippen LogP contribution in [0.3, 0.4) is 0 Å². The van der Waals surface area contributed by atoms with Crippen molar-refractivity contribution in [2.24, 2.45) is 5.92 Å². The average Bonchev–Trinajstić information content (AvgIpc) is 2.20. The molecule has 0 heterocycles. The van der Waals surface area contributed by atoms with Gasteiger partial charge in [-0.15, -0.1) is 11.6 Å². The predicted molar refractivity (Wildman–Crippen MR) is 67.6 cm³/mol. The molecule has 0 aliphatic carbocycles. The molecule has 1 atom stereocenters. The minimum Gasteiger partial charge on any atom is -0.311 e. The molecule has 0 aliphatic rings. The predicted octanol–water partition coefficient (Wildman–Crippen LogP) is 3.69. The molecule has 1 aromatic rings. The molecule has 0 radical (unpaired) electrons. The van der Waals surface area contributed by atoms with Gasteiger partial charge in [0.2, 0.25) is 0 Å². The van der Waals surface area contributed by atoms with E-state index in [1.165, 1.54) is 0 Å². The molecular weight excluding hydrogens is 229 g/mol. The van der Waals surface area contributed by atoms with Gasteiger partial charge in [0.05, 0.1) is 0 Å². The number of halogens is 2. The molecule has 1 rings (SSSR count). The molecule has 0 spiro atoms. The Morgan fingerprint density at radius 2 is 1.93 bits per heavy atom. The number of hydrogen-bond donors (Lipinski definition) is 1. The van der Waals surface area contributed by atoms with Gasteiger partial charge in [-0.25, -0.2) is 0 Å². The molecule has 0 saturated carbocycles. The third kappa shape index (κ3) is 4.42. The lowest BCUT2D eigenvalue weighted by Gasteiger charge is -2.14. The van der Waals surface area contributed by atoms with Gasteiger partial charge < -0.3 is 5.32 Å². The van der Waals surface area contributed by atoms with Crippen LogP contribution in [0.1, 0.15) is 19.4 Å². The van der Waals surface area contributed by atoms with Crippen molar-refractivity contribution >= 4 is 23.2 Å². The second kappa shape index (κ2) is 6.37. The molecule has 84 valence electrons. The second-order valence-corrected chi connectivity index (χ2v) is 4.95. The first-order chi connectivity index (χ1) is 7.11. The summed E-state index contributed by atoms with van der Waals surface area (Å²) in [7, 11) is 0. The van der Waals surface area contributed by atoms with Crippen molar-refractivity contribution in [3.63, 3.8) is 0 Å². The standard InChI is InChI=1S/C12H17Cl2N/c1-9(2)12(14)8-15-7-10-5-3-4-6-11(10)13/h3-6,9,12,15H,7-8H2,1-2H3. The van der Waals surface area contributed by atoms with Gasteiger partial charge in [-0.3, -0.25) is 0 Å². The van der Waals surface area contributed by atoms with Crippen LogP contribution >= 0.6 is 23.2 Å². The van der Waals surface area contributed by atoms with Crippen molar-refractivity contribution < 1.29 is 0 Å². The van der Waals surface area contributed by atoms with E-state index in [-0.39, 0.29) is 5.38 Å². The zero-order valence-corrected chi connectivity index (χ0v) is 10.6. The number of rotatable bonds is 5. The first-order valence-electron chi connectivity index (χ1n) is 5.19. The lowest BCUT2D eigenvalue weighted by atomic mass is 10.1. The van der Waals surface area contributed by atoms with Gasteiger partial charge in [-0.1, -0.05) is 43.6 Å². The Labute approximate surface area is 102 Å². The summed E-state index contributed by atoms with van der Waals surface area (Å²) in [6.45, 7) is 5.82. The van der Waals surface area contributed by atoms with E-state index in [0.29, 0.717) is 5.92 Å². The normalized spacial score (nSPS) is 13.1. The minimum absolute atomic E-state index is 0.174. The van der Waals surface area contributed by atoms with Crippen LogP contribution < -0.4 is 5.32 Å². The highest BCUT2D eigenvalue weighted by molar-refractivity contribution is 6.31. The highest BCUT2D eigenvalue weighted by Gasteiger charge is 2.08. The van der Waals surface area contributed by atoms with E-state index in [4.69, 9.17) is 23.2 Å². The lowest BCUT2D eigenvalue weighted by Crippen LogP contribution is -2.26. The monoisotopic (exact) mass is 245 g/mol. The zero-order chi connectivity index (χ0) is 11.3. The molecular formula is C12H17Cl2N. The Balaban J connectivity index is 2.35. The summed E-state index contributed by atoms with van der Waals surface area (Å²) >= 11 is 12.2. The molecule has 0 fully saturated rings. The summed E-state index contributed by atoms with van der Waals surface area (Å²) in [5, 5.41) is 4.29. The van der Waals surface area contributed by atoms with E-state index in [2.05, 4.69) is 19.2 Å². The molecule has 3 heteroatoms. The van der Waals surface area contributed by atoms with Crippen molar-refractivity contribution in [1.29, 1.82) is 0 Å². The Morgan fingerprint density at radius 3 is 2.53 bits per heavy atom. The van der Waals surface area contributed by atoms with Gasteiger partial charge in [0, 0.05) is 23.5 Å². The molecule has 0 saturated heterocycles. The van der Waals surface area contributed by atoms with Crippen molar-refractivity contribution in [1.82, 2.24) is 5.32 Å². The molecule has 1 aromatic carbocycles. The third-order valence-corrected chi connectivity index (χ3v) is 3.36. The van der Waals surface area contributed by atoms with Crippen LogP contribution in [0, 0.1) is 5.92 Å². The average molecular weight is 246 g/mol. The largest absolute Gasteiger partial charge is 0.311 e. The fourth-order valence-corrected chi connectivity index (χ4v) is 1.53. The van der Waals surface area contributed by atoms with Gasteiger partial charge >= 0.3 is 0 Å². The van der Waals surface area contributed by atoms with Crippen molar-refractivity contribution in [2.75, 3.05) is 6.54 Å².